The number of nitrogens with one attached hydrogen (secondary N) is 1. The third-order valence-electron chi connectivity index (χ3n) is 4.34. The van der Waals surface area contributed by atoms with Crippen molar-refractivity contribution in [3.63, 3.8) is 0 Å². The molecular formula is C14H17F3N2O. The number of hydrogen-bond acceptors (Lipinski definition) is 3. The third-order valence-corrected chi connectivity index (χ3v) is 4.34. The maximum atomic E-state index is 12.5. The lowest BCUT2D eigenvalue weighted by Crippen LogP contribution is -2.54. The van der Waals surface area contributed by atoms with Gasteiger partial charge in [-0.2, -0.15) is 13.2 Å². The van der Waals surface area contributed by atoms with Crippen LogP contribution in [-0.2, 0) is 11.8 Å². The van der Waals surface area contributed by atoms with Gasteiger partial charge in [0.05, 0.1) is 5.60 Å². The Kier molecular flexibility index (Phi) is 3.25. The summed E-state index contributed by atoms with van der Waals surface area (Å²) in [6, 6.07) is 2.80. The number of nitrogens with zero attached hydrogens (tertiary/aromatic N) is 1. The zero-order chi connectivity index (χ0) is 14.4. The van der Waals surface area contributed by atoms with Crippen molar-refractivity contribution >= 4 is 0 Å². The Bertz CT molecular complexity index is 474. The van der Waals surface area contributed by atoms with E-state index in [-0.39, 0.29) is 12.1 Å². The van der Waals surface area contributed by atoms with Crippen LogP contribution in [0, 0.1) is 0 Å². The van der Waals surface area contributed by atoms with Gasteiger partial charge in [0, 0.05) is 23.8 Å². The molecule has 2 aliphatic heterocycles. The molecule has 0 aliphatic carbocycles. The summed E-state index contributed by atoms with van der Waals surface area (Å²) < 4.78 is 37.5. The molecule has 110 valence electrons. The maximum Gasteiger partial charge on any atom is 0.433 e. The van der Waals surface area contributed by atoms with E-state index in [0.29, 0.717) is 18.4 Å². The first kappa shape index (κ1) is 13.8. The van der Waals surface area contributed by atoms with E-state index < -0.39 is 17.5 Å². The molecule has 3 heterocycles. The fourth-order valence-corrected chi connectivity index (χ4v) is 3.40. The minimum Gasteiger partial charge on any atom is -0.385 e. The van der Waals surface area contributed by atoms with Gasteiger partial charge in [0.1, 0.15) is 5.69 Å². The highest BCUT2D eigenvalue weighted by Crippen LogP contribution is 2.39. The molecule has 2 aliphatic rings. The van der Waals surface area contributed by atoms with Crippen LogP contribution in [0.2, 0.25) is 0 Å². The summed E-state index contributed by atoms with van der Waals surface area (Å²) in [5.74, 6) is 0. The fourth-order valence-electron chi connectivity index (χ4n) is 3.40. The molecule has 20 heavy (non-hydrogen) atoms. The summed E-state index contributed by atoms with van der Waals surface area (Å²) in [5.41, 5.74) is -1.49. The molecule has 0 amide bonds. The van der Waals surface area contributed by atoms with Crippen molar-refractivity contribution in [3.05, 3.63) is 29.6 Å². The summed E-state index contributed by atoms with van der Waals surface area (Å²) >= 11 is 0. The van der Waals surface area contributed by atoms with Crippen molar-refractivity contribution in [1.29, 1.82) is 0 Å². The van der Waals surface area contributed by atoms with Crippen molar-refractivity contribution in [2.45, 2.75) is 56.0 Å². The van der Waals surface area contributed by atoms with Gasteiger partial charge in [-0.05, 0) is 31.7 Å². The lowest BCUT2D eigenvalue weighted by atomic mass is 9.74. The molecule has 0 saturated carbocycles. The Morgan fingerprint density at radius 1 is 1.20 bits per heavy atom. The van der Waals surface area contributed by atoms with E-state index in [2.05, 4.69) is 10.3 Å². The minimum atomic E-state index is -4.44. The molecular weight excluding hydrogens is 269 g/mol. The van der Waals surface area contributed by atoms with E-state index in [1.807, 2.05) is 0 Å². The van der Waals surface area contributed by atoms with Crippen LogP contribution in [0.25, 0.3) is 0 Å². The monoisotopic (exact) mass is 286 g/mol. The van der Waals surface area contributed by atoms with Gasteiger partial charge in [0.2, 0.25) is 0 Å². The maximum absolute atomic E-state index is 12.5. The second kappa shape index (κ2) is 4.70. The molecule has 2 N–H and O–H groups in total. The topological polar surface area (TPSA) is 45.2 Å². The van der Waals surface area contributed by atoms with Crippen LogP contribution in [-0.4, -0.2) is 22.2 Å². The number of rotatable bonds is 1. The average molecular weight is 286 g/mol. The molecule has 1 aromatic rings. The number of halogens is 3. The molecule has 2 atom stereocenters. The van der Waals surface area contributed by atoms with Crippen LogP contribution in [0.3, 0.4) is 0 Å². The van der Waals surface area contributed by atoms with E-state index in [1.165, 1.54) is 12.3 Å². The van der Waals surface area contributed by atoms with Gasteiger partial charge < -0.3 is 10.4 Å². The standard InChI is InChI=1S/C14H17F3N2O/c15-14(16,17)12-5-4-9(8-18-12)13(20)6-10-2-1-3-11(7-13)19-10/h4-5,8,10-11,19-20H,1-3,6-7H2. The molecule has 2 saturated heterocycles. The average Bonchev–Trinajstić information content (AvgIpc) is 2.37. The Labute approximate surface area is 115 Å². The second-order valence-corrected chi connectivity index (χ2v) is 5.86. The SMILES string of the molecule is OC1(c2ccc(C(F)(F)F)nc2)CC2CCCC(C1)N2. The van der Waals surface area contributed by atoms with Crippen molar-refractivity contribution in [2.24, 2.45) is 0 Å². The van der Waals surface area contributed by atoms with Gasteiger partial charge >= 0.3 is 6.18 Å². The van der Waals surface area contributed by atoms with Crippen LogP contribution >= 0.6 is 0 Å². The second-order valence-electron chi connectivity index (χ2n) is 5.86. The predicted octanol–water partition coefficient (Wildman–Crippen LogP) is 2.59. The van der Waals surface area contributed by atoms with E-state index in [4.69, 9.17) is 0 Å². The van der Waals surface area contributed by atoms with Crippen molar-refractivity contribution < 1.29 is 18.3 Å². The van der Waals surface area contributed by atoms with Gasteiger partial charge in [0.25, 0.3) is 0 Å². The van der Waals surface area contributed by atoms with E-state index >= 15 is 0 Å². The molecule has 3 rings (SSSR count). The quantitative estimate of drug-likeness (QED) is 0.834. The normalized spacial score (nSPS) is 34.0. The lowest BCUT2D eigenvalue weighted by molar-refractivity contribution is -0.141. The Balaban J connectivity index is 1.84. The lowest BCUT2D eigenvalue weighted by Gasteiger charge is -2.45. The smallest absolute Gasteiger partial charge is 0.385 e. The summed E-state index contributed by atoms with van der Waals surface area (Å²) in [4.78, 5) is 3.46. The van der Waals surface area contributed by atoms with Crippen molar-refractivity contribution in [2.75, 3.05) is 0 Å². The highest BCUT2D eigenvalue weighted by Gasteiger charge is 2.42. The van der Waals surface area contributed by atoms with Crippen LogP contribution in [0.1, 0.15) is 43.4 Å². The summed E-state index contributed by atoms with van der Waals surface area (Å²) in [5, 5.41) is 14.2. The predicted molar refractivity (Wildman–Crippen MR) is 66.9 cm³/mol. The van der Waals surface area contributed by atoms with Gasteiger partial charge in [0.15, 0.2) is 0 Å². The van der Waals surface area contributed by atoms with Crippen LogP contribution < -0.4 is 5.32 Å². The number of hydrogen-bond donors (Lipinski definition) is 2. The first-order valence-electron chi connectivity index (χ1n) is 6.89. The molecule has 6 heteroatoms. The van der Waals surface area contributed by atoms with Crippen molar-refractivity contribution in [1.82, 2.24) is 10.3 Å². The zero-order valence-corrected chi connectivity index (χ0v) is 11.0. The van der Waals surface area contributed by atoms with Crippen LogP contribution in [0.15, 0.2) is 18.3 Å². The van der Waals surface area contributed by atoms with Crippen molar-refractivity contribution in [3.8, 4) is 0 Å². The van der Waals surface area contributed by atoms with Gasteiger partial charge in [-0.3, -0.25) is 4.98 Å². The molecule has 2 bridgehead atoms. The number of piperidine rings is 2. The number of aliphatic hydroxyl groups is 1. The molecule has 0 aromatic carbocycles. The van der Waals surface area contributed by atoms with Gasteiger partial charge in [-0.1, -0.05) is 12.5 Å². The van der Waals surface area contributed by atoms with Crippen LogP contribution in [0.5, 0.6) is 0 Å². The summed E-state index contributed by atoms with van der Waals surface area (Å²) in [6.07, 6.45) is 0.964. The zero-order valence-electron chi connectivity index (χ0n) is 11.0. The molecule has 2 unspecified atom stereocenters. The number of pyridine rings is 1. The molecule has 2 fully saturated rings. The van der Waals surface area contributed by atoms with E-state index in [9.17, 15) is 18.3 Å². The van der Waals surface area contributed by atoms with Crippen LogP contribution in [0.4, 0.5) is 13.2 Å². The first-order chi connectivity index (χ1) is 9.37. The van der Waals surface area contributed by atoms with Gasteiger partial charge in [-0.15, -0.1) is 0 Å². The highest BCUT2D eigenvalue weighted by atomic mass is 19.4. The van der Waals surface area contributed by atoms with E-state index in [0.717, 1.165) is 25.3 Å². The summed E-state index contributed by atoms with van der Waals surface area (Å²) in [6.45, 7) is 0. The van der Waals surface area contributed by atoms with E-state index in [1.54, 1.807) is 0 Å². The number of fused-ring (bicyclic) bond motifs is 2. The Hall–Kier alpha value is -1.14. The number of aromatic nitrogens is 1. The molecule has 1 aromatic heterocycles. The third kappa shape index (κ3) is 2.54. The minimum absolute atomic E-state index is 0.245. The molecule has 3 nitrogen and oxygen atoms in total. The Morgan fingerprint density at radius 2 is 1.85 bits per heavy atom. The van der Waals surface area contributed by atoms with Gasteiger partial charge in [-0.25, -0.2) is 0 Å². The number of alkyl halides is 3. The molecule has 0 spiro atoms. The first-order valence-corrected chi connectivity index (χ1v) is 6.89. The largest absolute Gasteiger partial charge is 0.433 e. The summed E-state index contributed by atoms with van der Waals surface area (Å²) in [7, 11) is 0. The fraction of sp³-hybridized carbons (Fsp3) is 0.643. The Morgan fingerprint density at radius 3 is 2.35 bits per heavy atom. The molecule has 0 radical (unpaired) electrons. The highest BCUT2D eigenvalue weighted by molar-refractivity contribution is 5.24.